The zero-order valence-electron chi connectivity index (χ0n) is 9.63. The van der Waals surface area contributed by atoms with E-state index in [9.17, 15) is 0 Å². The van der Waals surface area contributed by atoms with Crippen molar-refractivity contribution in [1.29, 1.82) is 5.26 Å². The first-order valence-electron chi connectivity index (χ1n) is 5.17. The van der Waals surface area contributed by atoms with E-state index in [1.807, 2.05) is 13.0 Å². The van der Waals surface area contributed by atoms with Crippen molar-refractivity contribution in [1.82, 2.24) is 0 Å². The Hall–Kier alpha value is -1.46. The summed E-state index contributed by atoms with van der Waals surface area (Å²) < 4.78 is 0. The Morgan fingerprint density at radius 1 is 1.56 bits per heavy atom. The maximum Gasteiger partial charge on any atom is 0.0992 e. The predicted molar refractivity (Wildman–Crippen MR) is 68.9 cm³/mol. The molecular weight excluding hydrogens is 220 g/mol. The molecule has 0 aromatic heterocycles. The molecule has 2 nitrogen and oxygen atoms in total. The summed E-state index contributed by atoms with van der Waals surface area (Å²) in [6.07, 6.45) is 0. The van der Waals surface area contributed by atoms with Crippen molar-refractivity contribution in [2.24, 2.45) is 0 Å². The van der Waals surface area contributed by atoms with Gasteiger partial charge in [0.1, 0.15) is 0 Å². The van der Waals surface area contributed by atoms with E-state index in [2.05, 4.69) is 24.5 Å². The zero-order valence-corrected chi connectivity index (χ0v) is 10.4. The Morgan fingerprint density at radius 3 is 2.69 bits per heavy atom. The van der Waals surface area contributed by atoms with Gasteiger partial charge in [0.15, 0.2) is 0 Å². The van der Waals surface area contributed by atoms with Crippen molar-refractivity contribution in [3.05, 3.63) is 40.9 Å². The molecule has 3 heteroatoms. The number of nitriles is 1. The van der Waals surface area contributed by atoms with Gasteiger partial charge in [-0.2, -0.15) is 5.26 Å². The molecule has 1 aromatic rings. The summed E-state index contributed by atoms with van der Waals surface area (Å²) in [6, 6.07) is 7.43. The monoisotopic (exact) mass is 234 g/mol. The van der Waals surface area contributed by atoms with E-state index in [0.29, 0.717) is 10.6 Å². The Kier molecular flexibility index (Phi) is 4.39. The molecule has 0 radical (unpaired) electrons. The van der Waals surface area contributed by atoms with E-state index in [4.69, 9.17) is 16.9 Å². The molecule has 0 spiro atoms. The smallest absolute Gasteiger partial charge is 0.0992 e. The van der Waals surface area contributed by atoms with Crippen molar-refractivity contribution in [3.63, 3.8) is 0 Å². The fourth-order valence-electron chi connectivity index (χ4n) is 1.53. The van der Waals surface area contributed by atoms with Gasteiger partial charge >= 0.3 is 0 Å². The summed E-state index contributed by atoms with van der Waals surface area (Å²) in [5, 5.41) is 9.37. The van der Waals surface area contributed by atoms with Crippen molar-refractivity contribution < 1.29 is 0 Å². The average Bonchev–Trinajstić information content (AvgIpc) is 2.25. The highest BCUT2D eigenvalue weighted by molar-refractivity contribution is 6.33. The molecule has 0 aliphatic heterocycles. The fourth-order valence-corrected chi connectivity index (χ4v) is 1.83. The summed E-state index contributed by atoms with van der Waals surface area (Å²) >= 11 is 6.14. The Morgan fingerprint density at radius 2 is 2.25 bits per heavy atom. The molecule has 1 rings (SSSR count). The Labute approximate surface area is 102 Å². The maximum absolute atomic E-state index is 8.76. The third-order valence-electron chi connectivity index (χ3n) is 2.26. The minimum atomic E-state index is 0.583. The molecule has 84 valence electrons. The van der Waals surface area contributed by atoms with Crippen LogP contribution in [0.15, 0.2) is 30.4 Å². The molecule has 1 aromatic carbocycles. The molecule has 0 atom stereocenters. The molecule has 0 heterocycles. The second-order valence-electron chi connectivity index (χ2n) is 3.75. The van der Waals surface area contributed by atoms with Crippen LogP contribution in [0.5, 0.6) is 0 Å². The third kappa shape index (κ3) is 3.01. The van der Waals surface area contributed by atoms with Crippen LogP contribution in [-0.2, 0) is 0 Å². The van der Waals surface area contributed by atoms with Crippen LogP contribution in [0.4, 0.5) is 5.69 Å². The number of anilines is 1. The number of nitrogens with zero attached hydrogens (tertiary/aromatic N) is 2. The van der Waals surface area contributed by atoms with Crippen LogP contribution >= 0.6 is 11.6 Å². The van der Waals surface area contributed by atoms with Gasteiger partial charge in [-0.15, -0.1) is 0 Å². The van der Waals surface area contributed by atoms with Crippen molar-refractivity contribution in [3.8, 4) is 6.07 Å². The number of benzene rings is 1. The molecular formula is C13H15ClN2. The normalized spacial score (nSPS) is 9.62. The summed E-state index contributed by atoms with van der Waals surface area (Å²) in [4.78, 5) is 2.13. The van der Waals surface area contributed by atoms with Crippen LogP contribution in [0.25, 0.3) is 0 Å². The lowest BCUT2D eigenvalue weighted by Crippen LogP contribution is -2.24. The molecule has 0 bridgehead atoms. The quantitative estimate of drug-likeness (QED) is 0.745. The highest BCUT2D eigenvalue weighted by Crippen LogP contribution is 2.27. The van der Waals surface area contributed by atoms with Crippen LogP contribution in [0.3, 0.4) is 0 Å². The number of halogens is 1. The average molecular weight is 235 g/mol. The minimum Gasteiger partial charge on any atom is -0.367 e. The SMILES string of the molecule is C=C(C)CN(CC)c1ccc(C#N)cc1Cl. The molecule has 0 saturated heterocycles. The van der Waals surface area contributed by atoms with E-state index in [-0.39, 0.29) is 0 Å². The largest absolute Gasteiger partial charge is 0.367 e. The first kappa shape index (κ1) is 12.6. The highest BCUT2D eigenvalue weighted by atomic mass is 35.5. The van der Waals surface area contributed by atoms with Gasteiger partial charge in [-0.25, -0.2) is 0 Å². The van der Waals surface area contributed by atoms with Gasteiger partial charge in [-0.1, -0.05) is 23.8 Å². The minimum absolute atomic E-state index is 0.583. The number of rotatable bonds is 4. The van der Waals surface area contributed by atoms with Crippen molar-refractivity contribution >= 4 is 17.3 Å². The summed E-state index contributed by atoms with van der Waals surface area (Å²) in [7, 11) is 0. The lowest BCUT2D eigenvalue weighted by atomic mass is 10.2. The van der Waals surface area contributed by atoms with Crippen LogP contribution in [0, 0.1) is 11.3 Å². The van der Waals surface area contributed by atoms with Crippen LogP contribution < -0.4 is 4.90 Å². The first-order valence-corrected chi connectivity index (χ1v) is 5.55. The van der Waals surface area contributed by atoms with E-state index in [1.165, 1.54) is 0 Å². The zero-order chi connectivity index (χ0) is 12.1. The van der Waals surface area contributed by atoms with E-state index in [1.54, 1.807) is 12.1 Å². The van der Waals surface area contributed by atoms with Crippen LogP contribution in [0.2, 0.25) is 5.02 Å². The molecule has 0 aliphatic rings. The highest BCUT2D eigenvalue weighted by Gasteiger charge is 2.09. The van der Waals surface area contributed by atoms with Gasteiger partial charge in [0.2, 0.25) is 0 Å². The van der Waals surface area contributed by atoms with Gasteiger partial charge < -0.3 is 4.90 Å². The predicted octanol–water partition coefficient (Wildman–Crippen LogP) is 3.61. The molecule has 16 heavy (non-hydrogen) atoms. The summed E-state index contributed by atoms with van der Waals surface area (Å²) in [5.41, 5.74) is 2.62. The molecule has 0 amide bonds. The molecule has 0 saturated carbocycles. The van der Waals surface area contributed by atoms with Crippen LogP contribution in [0.1, 0.15) is 19.4 Å². The topological polar surface area (TPSA) is 27.0 Å². The number of likely N-dealkylation sites (N-methyl/N-ethyl adjacent to an activating group) is 1. The second kappa shape index (κ2) is 5.58. The number of hydrogen-bond acceptors (Lipinski definition) is 2. The summed E-state index contributed by atoms with van der Waals surface area (Å²) in [6.45, 7) is 9.59. The first-order chi connectivity index (χ1) is 7.58. The molecule has 0 unspecified atom stereocenters. The number of hydrogen-bond donors (Lipinski definition) is 0. The summed E-state index contributed by atoms with van der Waals surface area (Å²) in [5.74, 6) is 0. The van der Waals surface area contributed by atoms with Gasteiger partial charge in [0.25, 0.3) is 0 Å². The molecule has 0 aliphatic carbocycles. The van der Waals surface area contributed by atoms with Gasteiger partial charge in [0.05, 0.1) is 22.3 Å². The fraction of sp³-hybridized carbons (Fsp3) is 0.308. The van der Waals surface area contributed by atoms with Crippen LogP contribution in [-0.4, -0.2) is 13.1 Å². The lowest BCUT2D eigenvalue weighted by molar-refractivity contribution is 0.880. The standard InChI is InChI=1S/C13H15ClN2/c1-4-16(9-10(2)3)13-6-5-11(8-15)7-12(13)14/h5-7H,2,4,9H2,1,3H3. The van der Waals surface area contributed by atoms with E-state index < -0.39 is 0 Å². The molecule has 0 fully saturated rings. The third-order valence-corrected chi connectivity index (χ3v) is 2.56. The Balaban J connectivity index is 3.02. The maximum atomic E-state index is 8.76. The lowest BCUT2D eigenvalue weighted by Gasteiger charge is -2.24. The van der Waals surface area contributed by atoms with Gasteiger partial charge in [-0.05, 0) is 32.0 Å². The van der Waals surface area contributed by atoms with Gasteiger partial charge in [-0.3, -0.25) is 0 Å². The Bertz CT molecular complexity index is 432. The van der Waals surface area contributed by atoms with E-state index in [0.717, 1.165) is 24.4 Å². The molecule has 0 N–H and O–H groups in total. The van der Waals surface area contributed by atoms with E-state index >= 15 is 0 Å². The van der Waals surface area contributed by atoms with Crippen molar-refractivity contribution in [2.45, 2.75) is 13.8 Å². The van der Waals surface area contributed by atoms with Crippen molar-refractivity contribution in [2.75, 3.05) is 18.0 Å². The second-order valence-corrected chi connectivity index (χ2v) is 4.16. The van der Waals surface area contributed by atoms with Gasteiger partial charge in [0, 0.05) is 13.1 Å².